The Morgan fingerprint density at radius 1 is 1.10 bits per heavy atom. The molecule has 1 aliphatic rings. The number of fused-ring (bicyclic) bond motifs is 1. The first-order valence-corrected chi connectivity index (χ1v) is 12.6. The Balaban J connectivity index is 1.89. The molecule has 2 aromatic rings. The van der Waals surface area contributed by atoms with Crippen molar-refractivity contribution in [3.63, 3.8) is 0 Å². The molecule has 3 rings (SSSR count). The molecule has 30 heavy (non-hydrogen) atoms. The zero-order chi connectivity index (χ0) is 21.9. The van der Waals surface area contributed by atoms with E-state index in [0.29, 0.717) is 16.1 Å². The van der Waals surface area contributed by atoms with Gasteiger partial charge in [-0.3, -0.25) is 4.79 Å². The number of rotatable bonds is 6. The number of ether oxygens (including phenoxy) is 1. The minimum absolute atomic E-state index is 0.184. The summed E-state index contributed by atoms with van der Waals surface area (Å²) in [5.74, 6) is -0.795. The van der Waals surface area contributed by atoms with Gasteiger partial charge in [0.15, 0.2) is 9.84 Å². The normalized spacial score (nSPS) is 14.1. The first-order valence-electron chi connectivity index (χ1n) is 10.2. The van der Waals surface area contributed by atoms with Gasteiger partial charge in [0.2, 0.25) is 0 Å². The molecule has 1 N–H and O–H groups in total. The second-order valence-electron chi connectivity index (χ2n) is 7.56. The highest BCUT2D eigenvalue weighted by Gasteiger charge is 2.27. The van der Waals surface area contributed by atoms with E-state index in [1.54, 1.807) is 20.8 Å². The van der Waals surface area contributed by atoms with Crippen LogP contribution in [0.5, 0.6) is 0 Å². The maximum Gasteiger partial charge on any atom is 0.341 e. The Morgan fingerprint density at radius 2 is 1.77 bits per heavy atom. The Morgan fingerprint density at radius 3 is 2.40 bits per heavy atom. The third kappa shape index (κ3) is 4.59. The molecule has 0 unspecified atom stereocenters. The quantitative estimate of drug-likeness (QED) is 0.513. The van der Waals surface area contributed by atoms with E-state index in [0.717, 1.165) is 42.5 Å². The molecule has 8 heteroatoms. The summed E-state index contributed by atoms with van der Waals surface area (Å²) in [5, 5.41) is 2.82. The minimum Gasteiger partial charge on any atom is -0.462 e. The molecule has 0 atom stereocenters. The maximum atomic E-state index is 12.8. The molecule has 0 fully saturated rings. The Bertz CT molecular complexity index is 1040. The van der Waals surface area contributed by atoms with Crippen LogP contribution in [0.3, 0.4) is 0 Å². The third-order valence-corrected chi connectivity index (χ3v) is 8.57. The second-order valence-corrected chi connectivity index (χ2v) is 11.2. The van der Waals surface area contributed by atoms with Crippen molar-refractivity contribution < 1.29 is 22.7 Å². The average molecular weight is 450 g/mol. The summed E-state index contributed by atoms with van der Waals surface area (Å²) in [5.41, 5.74) is 1.78. The SMILES string of the molecule is CCOC(=O)c1c(NC(=O)c2ccc(S(=O)(=O)C(C)C)cc2)sc2c1CCCCC2. The summed E-state index contributed by atoms with van der Waals surface area (Å²) in [6.45, 7) is 5.26. The fourth-order valence-corrected chi connectivity index (χ4v) is 5.83. The van der Waals surface area contributed by atoms with E-state index < -0.39 is 21.1 Å². The van der Waals surface area contributed by atoms with Gasteiger partial charge in [-0.2, -0.15) is 0 Å². The van der Waals surface area contributed by atoms with Crippen LogP contribution in [0.1, 0.15) is 71.2 Å². The van der Waals surface area contributed by atoms with E-state index in [1.807, 2.05) is 0 Å². The molecule has 0 aliphatic heterocycles. The van der Waals surface area contributed by atoms with Crippen LogP contribution < -0.4 is 5.32 Å². The zero-order valence-corrected chi connectivity index (χ0v) is 19.1. The fourth-order valence-electron chi connectivity index (χ4n) is 3.49. The van der Waals surface area contributed by atoms with Crippen LogP contribution in [0.15, 0.2) is 29.2 Å². The highest BCUT2D eigenvalue weighted by molar-refractivity contribution is 7.92. The van der Waals surface area contributed by atoms with Gasteiger partial charge < -0.3 is 10.1 Å². The summed E-state index contributed by atoms with van der Waals surface area (Å²) in [6.07, 6.45) is 4.89. The molecule has 1 heterocycles. The van der Waals surface area contributed by atoms with Crippen molar-refractivity contribution in [1.82, 2.24) is 0 Å². The molecular formula is C22H27NO5S2. The number of hydrogen-bond donors (Lipinski definition) is 1. The monoisotopic (exact) mass is 449 g/mol. The lowest BCUT2D eigenvalue weighted by Gasteiger charge is -2.10. The molecule has 0 saturated heterocycles. The number of sulfone groups is 1. The lowest BCUT2D eigenvalue weighted by atomic mass is 10.1. The van der Waals surface area contributed by atoms with E-state index in [2.05, 4.69) is 5.32 Å². The van der Waals surface area contributed by atoms with Gasteiger partial charge in [-0.15, -0.1) is 11.3 Å². The van der Waals surface area contributed by atoms with Gasteiger partial charge in [-0.05, 0) is 76.3 Å². The Kier molecular flexibility index (Phi) is 6.98. The van der Waals surface area contributed by atoms with Gasteiger partial charge in [0.05, 0.1) is 22.3 Å². The van der Waals surface area contributed by atoms with Gasteiger partial charge in [-0.25, -0.2) is 13.2 Å². The second kappa shape index (κ2) is 9.31. The summed E-state index contributed by atoms with van der Waals surface area (Å²) in [7, 11) is -3.40. The number of benzene rings is 1. The zero-order valence-electron chi connectivity index (χ0n) is 17.5. The van der Waals surface area contributed by atoms with Crippen LogP contribution in [-0.2, 0) is 27.4 Å². The molecule has 1 aliphatic carbocycles. The van der Waals surface area contributed by atoms with Crippen molar-refractivity contribution in [2.45, 2.75) is 63.0 Å². The van der Waals surface area contributed by atoms with Crippen LogP contribution in [-0.4, -0.2) is 32.2 Å². The number of esters is 1. The Labute approximate surface area is 181 Å². The molecule has 0 saturated carbocycles. The largest absolute Gasteiger partial charge is 0.462 e. The molecular weight excluding hydrogens is 422 g/mol. The third-order valence-electron chi connectivity index (χ3n) is 5.19. The maximum absolute atomic E-state index is 12.8. The number of carbonyl (C=O) groups excluding carboxylic acids is 2. The van der Waals surface area contributed by atoms with E-state index in [4.69, 9.17) is 4.74 Å². The van der Waals surface area contributed by atoms with Crippen molar-refractivity contribution in [3.8, 4) is 0 Å². The Hall–Kier alpha value is -2.19. The molecule has 1 aromatic carbocycles. The van der Waals surface area contributed by atoms with Gasteiger partial charge in [0.25, 0.3) is 5.91 Å². The lowest BCUT2D eigenvalue weighted by Crippen LogP contribution is -2.16. The predicted octanol–water partition coefficient (Wildman–Crippen LogP) is 4.63. The average Bonchev–Trinajstić information content (AvgIpc) is 2.88. The number of aryl methyl sites for hydroxylation is 1. The van der Waals surface area contributed by atoms with Crippen LogP contribution >= 0.6 is 11.3 Å². The molecule has 0 bridgehead atoms. The van der Waals surface area contributed by atoms with Crippen molar-refractivity contribution in [2.24, 2.45) is 0 Å². The highest BCUT2D eigenvalue weighted by atomic mass is 32.2. The predicted molar refractivity (Wildman–Crippen MR) is 118 cm³/mol. The lowest BCUT2D eigenvalue weighted by molar-refractivity contribution is 0.0527. The number of nitrogens with one attached hydrogen (secondary N) is 1. The number of amides is 1. The first kappa shape index (κ1) is 22.5. The molecule has 0 radical (unpaired) electrons. The van der Waals surface area contributed by atoms with Gasteiger partial charge in [0, 0.05) is 10.4 Å². The number of carbonyl (C=O) groups is 2. The molecule has 1 amide bonds. The van der Waals surface area contributed by atoms with Crippen LogP contribution in [0.2, 0.25) is 0 Å². The molecule has 0 spiro atoms. The molecule has 6 nitrogen and oxygen atoms in total. The number of anilines is 1. The number of hydrogen-bond acceptors (Lipinski definition) is 6. The fraction of sp³-hybridized carbons (Fsp3) is 0.455. The van der Waals surface area contributed by atoms with Crippen molar-refractivity contribution >= 4 is 38.1 Å². The summed E-state index contributed by atoms with van der Waals surface area (Å²) in [6, 6.07) is 5.88. The summed E-state index contributed by atoms with van der Waals surface area (Å²) < 4.78 is 29.8. The number of thiophene rings is 1. The van der Waals surface area contributed by atoms with Crippen LogP contribution in [0.25, 0.3) is 0 Å². The van der Waals surface area contributed by atoms with Gasteiger partial charge in [-0.1, -0.05) is 6.42 Å². The summed E-state index contributed by atoms with van der Waals surface area (Å²) >= 11 is 1.44. The van der Waals surface area contributed by atoms with E-state index in [9.17, 15) is 18.0 Å². The standard InChI is InChI=1S/C22H27NO5S2/c1-4-28-22(25)19-17-8-6-5-7-9-18(17)29-21(19)23-20(24)15-10-12-16(13-11-15)30(26,27)14(2)3/h10-14H,4-9H2,1-3H3,(H,23,24). The van der Waals surface area contributed by atoms with Gasteiger partial charge in [0.1, 0.15) is 5.00 Å². The summed E-state index contributed by atoms with van der Waals surface area (Å²) in [4.78, 5) is 26.7. The topological polar surface area (TPSA) is 89.5 Å². The van der Waals surface area contributed by atoms with Crippen molar-refractivity contribution in [3.05, 3.63) is 45.8 Å². The van der Waals surface area contributed by atoms with E-state index in [-0.39, 0.29) is 17.4 Å². The van der Waals surface area contributed by atoms with E-state index >= 15 is 0 Å². The van der Waals surface area contributed by atoms with Crippen LogP contribution in [0.4, 0.5) is 5.00 Å². The van der Waals surface area contributed by atoms with Crippen LogP contribution in [0, 0.1) is 0 Å². The highest BCUT2D eigenvalue weighted by Crippen LogP contribution is 2.38. The first-order chi connectivity index (χ1) is 14.3. The van der Waals surface area contributed by atoms with Crippen molar-refractivity contribution in [1.29, 1.82) is 0 Å². The van der Waals surface area contributed by atoms with Gasteiger partial charge >= 0.3 is 5.97 Å². The van der Waals surface area contributed by atoms with Crippen molar-refractivity contribution in [2.75, 3.05) is 11.9 Å². The smallest absolute Gasteiger partial charge is 0.341 e. The van der Waals surface area contributed by atoms with E-state index in [1.165, 1.54) is 35.6 Å². The minimum atomic E-state index is -3.40. The molecule has 1 aromatic heterocycles. The molecule has 162 valence electrons.